The van der Waals surface area contributed by atoms with Crippen LogP contribution in [0.15, 0.2) is 59.7 Å². The fourth-order valence-electron chi connectivity index (χ4n) is 2.86. The fraction of sp³-hybridized carbons (Fsp3) is 0.100. The summed E-state index contributed by atoms with van der Waals surface area (Å²) in [6.45, 7) is 3.99. The van der Waals surface area contributed by atoms with E-state index in [0.717, 1.165) is 22.6 Å². The highest BCUT2D eigenvalue weighted by molar-refractivity contribution is 6.32. The molecule has 0 saturated carbocycles. The standard InChI is InChI=1S/C20H18ClN3O2/c1-13-11-15(14(2)24(13)19-10-6-4-8-17(19)21)12-22-23-18-9-5-3-7-16(18)20(25)26/h3-12,23H,1-2H3,(H,25,26). The Labute approximate surface area is 156 Å². The molecule has 0 fully saturated rings. The molecular weight excluding hydrogens is 350 g/mol. The van der Waals surface area contributed by atoms with E-state index >= 15 is 0 Å². The van der Waals surface area contributed by atoms with Gasteiger partial charge in [0.15, 0.2) is 0 Å². The number of halogens is 1. The number of nitrogens with zero attached hydrogens (tertiary/aromatic N) is 2. The molecule has 0 unspecified atom stereocenters. The normalized spacial score (nSPS) is 11.0. The van der Waals surface area contributed by atoms with Crippen LogP contribution in [0.5, 0.6) is 0 Å². The number of benzene rings is 2. The van der Waals surface area contributed by atoms with Crippen molar-refractivity contribution in [3.8, 4) is 5.69 Å². The Morgan fingerprint density at radius 2 is 1.85 bits per heavy atom. The number of aromatic nitrogens is 1. The van der Waals surface area contributed by atoms with Crippen molar-refractivity contribution < 1.29 is 9.90 Å². The Morgan fingerprint density at radius 3 is 2.58 bits per heavy atom. The van der Waals surface area contributed by atoms with E-state index in [9.17, 15) is 9.90 Å². The van der Waals surface area contributed by atoms with Crippen molar-refractivity contribution in [2.45, 2.75) is 13.8 Å². The third-order valence-electron chi connectivity index (χ3n) is 4.11. The number of hydrogen-bond donors (Lipinski definition) is 2. The minimum atomic E-state index is -1.000. The predicted molar refractivity (Wildman–Crippen MR) is 105 cm³/mol. The van der Waals surface area contributed by atoms with Crippen LogP contribution in [0.1, 0.15) is 27.3 Å². The van der Waals surface area contributed by atoms with Gasteiger partial charge in [-0.3, -0.25) is 5.43 Å². The molecule has 1 aromatic heterocycles. The van der Waals surface area contributed by atoms with E-state index in [4.69, 9.17) is 11.6 Å². The van der Waals surface area contributed by atoms with Crippen molar-refractivity contribution in [1.82, 2.24) is 4.57 Å². The second-order valence-electron chi connectivity index (χ2n) is 5.83. The average molecular weight is 368 g/mol. The number of para-hydroxylation sites is 2. The quantitative estimate of drug-likeness (QED) is 0.498. The molecule has 0 bridgehead atoms. The number of aryl methyl sites for hydroxylation is 1. The van der Waals surface area contributed by atoms with E-state index in [-0.39, 0.29) is 5.56 Å². The first-order valence-electron chi connectivity index (χ1n) is 8.04. The van der Waals surface area contributed by atoms with Gasteiger partial charge < -0.3 is 9.67 Å². The van der Waals surface area contributed by atoms with Gasteiger partial charge >= 0.3 is 5.97 Å². The smallest absolute Gasteiger partial charge is 0.337 e. The summed E-state index contributed by atoms with van der Waals surface area (Å²) in [5.41, 5.74) is 7.27. The van der Waals surface area contributed by atoms with Crippen LogP contribution in [0.3, 0.4) is 0 Å². The lowest BCUT2D eigenvalue weighted by molar-refractivity contribution is 0.0698. The van der Waals surface area contributed by atoms with Crippen LogP contribution in [0, 0.1) is 13.8 Å². The molecule has 0 amide bonds. The molecule has 0 aliphatic carbocycles. The third-order valence-corrected chi connectivity index (χ3v) is 4.43. The zero-order chi connectivity index (χ0) is 18.7. The van der Waals surface area contributed by atoms with E-state index in [0.29, 0.717) is 10.7 Å². The number of rotatable bonds is 5. The van der Waals surface area contributed by atoms with Gasteiger partial charge in [-0.1, -0.05) is 35.9 Å². The topological polar surface area (TPSA) is 66.6 Å². The highest BCUT2D eigenvalue weighted by Crippen LogP contribution is 2.25. The maximum atomic E-state index is 11.2. The molecule has 3 aromatic rings. The van der Waals surface area contributed by atoms with Crippen LogP contribution in [-0.2, 0) is 0 Å². The molecule has 0 aliphatic rings. The van der Waals surface area contributed by atoms with Crippen LogP contribution in [0.25, 0.3) is 5.69 Å². The number of carbonyl (C=O) groups is 1. The van der Waals surface area contributed by atoms with Crippen molar-refractivity contribution in [1.29, 1.82) is 0 Å². The molecule has 0 radical (unpaired) electrons. The van der Waals surface area contributed by atoms with Crippen molar-refractivity contribution in [3.05, 3.63) is 82.1 Å². The van der Waals surface area contributed by atoms with E-state index in [1.807, 2.05) is 44.2 Å². The summed E-state index contributed by atoms with van der Waals surface area (Å²) >= 11 is 6.32. The van der Waals surface area contributed by atoms with Gasteiger partial charge in [0.2, 0.25) is 0 Å². The zero-order valence-corrected chi connectivity index (χ0v) is 15.2. The van der Waals surface area contributed by atoms with Gasteiger partial charge in [-0.15, -0.1) is 0 Å². The molecule has 2 N–H and O–H groups in total. The van der Waals surface area contributed by atoms with Crippen molar-refractivity contribution in [3.63, 3.8) is 0 Å². The fourth-order valence-corrected chi connectivity index (χ4v) is 3.08. The Kier molecular flexibility index (Phi) is 5.09. The molecule has 0 aliphatic heterocycles. The number of aromatic carboxylic acids is 1. The molecule has 0 saturated heterocycles. The van der Waals surface area contributed by atoms with Crippen molar-refractivity contribution in [2.24, 2.45) is 5.10 Å². The Balaban J connectivity index is 1.88. The van der Waals surface area contributed by atoms with Gasteiger partial charge in [0.1, 0.15) is 0 Å². The number of carboxylic acids is 1. The van der Waals surface area contributed by atoms with Crippen molar-refractivity contribution >= 4 is 29.5 Å². The van der Waals surface area contributed by atoms with E-state index in [2.05, 4.69) is 15.1 Å². The minimum absolute atomic E-state index is 0.172. The number of hydrogen-bond acceptors (Lipinski definition) is 3. The van der Waals surface area contributed by atoms with Crippen LogP contribution < -0.4 is 5.43 Å². The van der Waals surface area contributed by atoms with Crippen molar-refractivity contribution in [2.75, 3.05) is 5.43 Å². The van der Waals surface area contributed by atoms with Crippen LogP contribution >= 0.6 is 11.6 Å². The molecule has 0 spiro atoms. The summed E-state index contributed by atoms with van der Waals surface area (Å²) in [4.78, 5) is 11.2. The monoisotopic (exact) mass is 367 g/mol. The Morgan fingerprint density at radius 1 is 1.15 bits per heavy atom. The summed E-state index contributed by atoms with van der Waals surface area (Å²) in [7, 11) is 0. The highest BCUT2D eigenvalue weighted by Gasteiger charge is 2.12. The summed E-state index contributed by atoms with van der Waals surface area (Å²) in [6, 6.07) is 16.3. The van der Waals surface area contributed by atoms with Gasteiger partial charge in [0, 0.05) is 17.0 Å². The Bertz CT molecular complexity index is 992. The second-order valence-corrected chi connectivity index (χ2v) is 6.24. The number of nitrogens with one attached hydrogen (secondary N) is 1. The third kappa shape index (κ3) is 3.48. The van der Waals surface area contributed by atoms with Gasteiger partial charge in [-0.25, -0.2) is 4.79 Å². The maximum Gasteiger partial charge on any atom is 0.337 e. The number of hydrazone groups is 1. The zero-order valence-electron chi connectivity index (χ0n) is 14.4. The molecule has 6 heteroatoms. The summed E-state index contributed by atoms with van der Waals surface area (Å²) < 4.78 is 2.06. The Hall–Kier alpha value is -3.05. The van der Waals surface area contributed by atoms with E-state index < -0.39 is 5.97 Å². The van der Waals surface area contributed by atoms with Gasteiger partial charge in [0.25, 0.3) is 0 Å². The summed E-state index contributed by atoms with van der Waals surface area (Å²) in [5, 5.41) is 14.1. The predicted octanol–water partition coefficient (Wildman–Crippen LogP) is 4.89. The summed E-state index contributed by atoms with van der Waals surface area (Å²) in [6.07, 6.45) is 1.67. The molecular formula is C20H18ClN3O2. The molecule has 1 heterocycles. The van der Waals surface area contributed by atoms with Gasteiger partial charge in [0.05, 0.1) is 28.2 Å². The van der Waals surface area contributed by atoms with Crippen LogP contribution in [-0.4, -0.2) is 21.9 Å². The highest BCUT2D eigenvalue weighted by atomic mass is 35.5. The average Bonchev–Trinajstić information content (AvgIpc) is 2.90. The molecule has 2 aromatic carbocycles. The van der Waals surface area contributed by atoms with Gasteiger partial charge in [-0.2, -0.15) is 5.10 Å². The van der Waals surface area contributed by atoms with Crippen LogP contribution in [0.4, 0.5) is 5.69 Å². The molecule has 26 heavy (non-hydrogen) atoms. The van der Waals surface area contributed by atoms with E-state index in [1.54, 1.807) is 24.4 Å². The lowest BCUT2D eigenvalue weighted by atomic mass is 10.2. The largest absolute Gasteiger partial charge is 0.478 e. The molecule has 5 nitrogen and oxygen atoms in total. The SMILES string of the molecule is Cc1cc(C=NNc2ccccc2C(=O)O)c(C)n1-c1ccccc1Cl. The first-order valence-corrected chi connectivity index (χ1v) is 8.42. The molecule has 0 atom stereocenters. The number of carboxylic acid groups (broad SMARTS) is 1. The maximum absolute atomic E-state index is 11.2. The summed E-state index contributed by atoms with van der Waals surface area (Å²) in [5.74, 6) is -1.000. The molecule has 3 rings (SSSR count). The number of anilines is 1. The lowest BCUT2D eigenvalue weighted by Crippen LogP contribution is -2.02. The molecule has 132 valence electrons. The first kappa shape index (κ1) is 17.8. The van der Waals surface area contributed by atoms with Crippen LogP contribution in [0.2, 0.25) is 5.02 Å². The minimum Gasteiger partial charge on any atom is -0.478 e. The van der Waals surface area contributed by atoms with E-state index in [1.165, 1.54) is 6.07 Å². The second kappa shape index (κ2) is 7.45. The first-order chi connectivity index (χ1) is 12.5. The lowest BCUT2D eigenvalue weighted by Gasteiger charge is -2.11. The van der Waals surface area contributed by atoms with Gasteiger partial charge in [-0.05, 0) is 44.2 Å².